The van der Waals surface area contributed by atoms with E-state index in [1.807, 2.05) is 6.92 Å². The largest absolute Gasteiger partial charge is 0.487 e. The smallest absolute Gasteiger partial charge is 0.471 e. The van der Waals surface area contributed by atoms with E-state index in [1.165, 1.54) is 31.7 Å². The molecule has 1 aliphatic rings. The van der Waals surface area contributed by atoms with Gasteiger partial charge in [0.15, 0.2) is 5.82 Å². The van der Waals surface area contributed by atoms with E-state index < -0.39 is 65.2 Å². The van der Waals surface area contributed by atoms with Crippen LogP contribution >= 0.6 is 0 Å². The average Bonchev–Trinajstić information content (AvgIpc) is 3.30. The Labute approximate surface area is 267 Å². The maximum absolute atomic E-state index is 16.7. The number of hydrogen-bond donors (Lipinski definition) is 1. The molecule has 0 aromatic heterocycles. The van der Waals surface area contributed by atoms with Crippen LogP contribution in [0.1, 0.15) is 72.4 Å². The minimum absolute atomic E-state index is 0.00530. The van der Waals surface area contributed by atoms with E-state index >= 15 is 4.39 Å². The number of nitrogens with one attached hydrogen (secondary N) is 1. The number of carbonyl (C=O) groups is 3. The topological polar surface area (TPSA) is 97.4 Å². The van der Waals surface area contributed by atoms with Crippen LogP contribution in [0.2, 0.25) is 0 Å². The summed E-state index contributed by atoms with van der Waals surface area (Å²) in [5.41, 5.74) is -2.39. The third-order valence-corrected chi connectivity index (χ3v) is 6.73. The third-order valence-electron chi connectivity index (χ3n) is 6.73. The van der Waals surface area contributed by atoms with Crippen LogP contribution in [-0.4, -0.2) is 61.0 Å². The quantitative estimate of drug-likeness (QED) is 0.164. The number of alkyl halides is 3. The van der Waals surface area contributed by atoms with Gasteiger partial charge in [-0.1, -0.05) is 43.7 Å². The molecule has 2 aromatic carbocycles. The van der Waals surface area contributed by atoms with Crippen molar-refractivity contribution in [3.8, 4) is 5.75 Å². The summed E-state index contributed by atoms with van der Waals surface area (Å²) in [4.78, 5) is 40.4. The molecule has 9 nitrogen and oxygen atoms in total. The van der Waals surface area contributed by atoms with E-state index in [9.17, 15) is 27.6 Å². The molecule has 0 unspecified atom stereocenters. The molecular weight excluding hydrogens is 610 g/mol. The van der Waals surface area contributed by atoms with Crippen molar-refractivity contribution < 1.29 is 46.2 Å². The number of hydrogen-bond acceptors (Lipinski definition) is 7. The van der Waals surface area contributed by atoms with E-state index in [0.29, 0.717) is 12.1 Å². The van der Waals surface area contributed by atoms with Crippen molar-refractivity contribution in [3.63, 3.8) is 0 Å². The van der Waals surface area contributed by atoms with Crippen molar-refractivity contribution in [3.05, 3.63) is 53.3 Å². The maximum atomic E-state index is 16.7. The molecule has 0 spiro atoms. The normalized spacial score (nSPS) is 14.9. The molecule has 1 atom stereocenters. The molecule has 3 rings (SSSR count). The van der Waals surface area contributed by atoms with Crippen molar-refractivity contribution in [2.24, 2.45) is 0 Å². The monoisotopic (exact) mass is 653 g/mol. The van der Waals surface area contributed by atoms with Crippen molar-refractivity contribution in [2.75, 3.05) is 29.4 Å². The van der Waals surface area contributed by atoms with Crippen LogP contribution in [0.25, 0.3) is 0 Å². The molecule has 0 bridgehead atoms. The zero-order valence-corrected chi connectivity index (χ0v) is 27.3. The van der Waals surface area contributed by atoms with Gasteiger partial charge in [0.1, 0.15) is 35.8 Å². The molecule has 13 heteroatoms. The Balaban J connectivity index is 2.21. The highest BCUT2D eigenvalue weighted by molar-refractivity contribution is 6.03. The zero-order chi connectivity index (χ0) is 34.4. The number of fused-ring (bicyclic) bond motifs is 1. The van der Waals surface area contributed by atoms with Gasteiger partial charge in [0.05, 0.1) is 11.7 Å². The molecule has 0 saturated carbocycles. The van der Waals surface area contributed by atoms with E-state index in [4.69, 9.17) is 14.2 Å². The fraction of sp³-hybridized carbons (Fsp3) is 0.545. The van der Waals surface area contributed by atoms with Crippen LogP contribution in [-0.2, 0) is 32.1 Å². The Hall–Kier alpha value is -3.87. The van der Waals surface area contributed by atoms with Crippen molar-refractivity contribution in [1.82, 2.24) is 5.32 Å². The maximum Gasteiger partial charge on any atom is 0.471 e. The standard InChI is InChI=1S/C33H43F4N3O6/c1-8-9-15-38-18-22-16-23-24(40(22)30(43)46-32(5,6)7)17-25(44-20-21-13-11-10-12-14-21)28(27(23)34)39(29(42)33(35,36)37)19-26(41)45-31(2,3)4/h10-14,17,22,38H,8-9,15-16,18-20H2,1-7H3/t22-/m1/s1. The van der Waals surface area contributed by atoms with E-state index in [-0.39, 0.29) is 35.7 Å². The third kappa shape index (κ3) is 9.81. The molecular formula is C33H43F4N3O6. The van der Waals surface area contributed by atoms with Crippen LogP contribution < -0.4 is 19.9 Å². The van der Waals surface area contributed by atoms with Gasteiger partial charge in [0.2, 0.25) is 0 Å². The first kappa shape index (κ1) is 36.6. The summed E-state index contributed by atoms with van der Waals surface area (Å²) < 4.78 is 75.3. The highest BCUT2D eigenvalue weighted by Gasteiger charge is 2.47. The van der Waals surface area contributed by atoms with E-state index in [1.54, 1.807) is 51.1 Å². The van der Waals surface area contributed by atoms with Crippen molar-refractivity contribution in [1.29, 1.82) is 0 Å². The average molecular weight is 654 g/mol. The number of amides is 2. The molecule has 46 heavy (non-hydrogen) atoms. The highest BCUT2D eigenvalue weighted by Crippen LogP contribution is 2.45. The number of anilines is 2. The zero-order valence-electron chi connectivity index (χ0n) is 27.3. The lowest BCUT2D eigenvalue weighted by molar-refractivity contribution is -0.171. The number of unbranched alkanes of at least 4 members (excludes halogenated alkanes) is 1. The molecule has 2 amide bonds. The molecule has 1 N–H and O–H groups in total. The van der Waals surface area contributed by atoms with Gasteiger partial charge < -0.3 is 19.5 Å². The van der Waals surface area contributed by atoms with Gasteiger partial charge in [-0.25, -0.2) is 9.18 Å². The lowest BCUT2D eigenvalue weighted by Gasteiger charge is -2.30. The van der Waals surface area contributed by atoms with Gasteiger partial charge in [0.25, 0.3) is 0 Å². The minimum Gasteiger partial charge on any atom is -0.487 e. The van der Waals surface area contributed by atoms with Gasteiger partial charge in [-0.15, -0.1) is 0 Å². The second-order valence-electron chi connectivity index (χ2n) is 13.1. The van der Waals surface area contributed by atoms with Crippen LogP contribution in [0.3, 0.4) is 0 Å². The summed E-state index contributed by atoms with van der Waals surface area (Å²) in [5, 5.41) is 3.24. The Morgan fingerprint density at radius 2 is 1.63 bits per heavy atom. The first-order valence-corrected chi connectivity index (χ1v) is 15.2. The summed E-state index contributed by atoms with van der Waals surface area (Å²) in [7, 11) is 0. The molecule has 254 valence electrons. The summed E-state index contributed by atoms with van der Waals surface area (Å²) in [6.07, 6.45) is -4.60. The fourth-order valence-corrected chi connectivity index (χ4v) is 4.87. The van der Waals surface area contributed by atoms with Crippen LogP contribution in [0.4, 0.5) is 33.7 Å². The van der Waals surface area contributed by atoms with Crippen LogP contribution in [0.15, 0.2) is 36.4 Å². The number of halogens is 4. The lowest BCUT2D eigenvalue weighted by atomic mass is 10.1. The second-order valence-corrected chi connectivity index (χ2v) is 13.1. The number of carbonyl (C=O) groups excluding carboxylic acids is 3. The van der Waals surface area contributed by atoms with Gasteiger partial charge in [-0.2, -0.15) is 13.2 Å². The van der Waals surface area contributed by atoms with Crippen LogP contribution in [0.5, 0.6) is 5.75 Å². The predicted octanol–water partition coefficient (Wildman–Crippen LogP) is 6.70. The molecule has 0 aliphatic carbocycles. The number of rotatable bonds is 11. The molecule has 2 aromatic rings. The Kier molecular flexibility index (Phi) is 11.7. The molecule has 1 heterocycles. The van der Waals surface area contributed by atoms with E-state index in [2.05, 4.69) is 5.32 Å². The van der Waals surface area contributed by atoms with Gasteiger partial charge >= 0.3 is 24.1 Å². The summed E-state index contributed by atoms with van der Waals surface area (Å²) in [5.74, 6) is -5.38. The first-order chi connectivity index (χ1) is 21.3. The number of benzene rings is 2. The Morgan fingerprint density at radius 1 is 1.00 bits per heavy atom. The fourth-order valence-electron chi connectivity index (χ4n) is 4.87. The van der Waals surface area contributed by atoms with Crippen LogP contribution in [0, 0.1) is 5.82 Å². The van der Waals surface area contributed by atoms with Gasteiger partial charge in [-0.05, 0) is 66.5 Å². The molecule has 0 saturated heterocycles. The van der Waals surface area contributed by atoms with E-state index in [0.717, 1.165) is 12.8 Å². The summed E-state index contributed by atoms with van der Waals surface area (Å²) in [6, 6.07) is 9.10. The first-order valence-electron chi connectivity index (χ1n) is 15.2. The molecule has 1 aliphatic heterocycles. The Morgan fingerprint density at radius 3 is 2.20 bits per heavy atom. The van der Waals surface area contributed by atoms with Gasteiger partial charge in [0, 0.05) is 18.2 Å². The number of esters is 1. The number of nitrogens with zero attached hydrogens (tertiary/aromatic N) is 2. The van der Waals surface area contributed by atoms with Crippen molar-refractivity contribution >= 4 is 29.3 Å². The summed E-state index contributed by atoms with van der Waals surface area (Å²) >= 11 is 0. The van der Waals surface area contributed by atoms with Gasteiger partial charge in [-0.3, -0.25) is 19.4 Å². The molecule has 0 fully saturated rings. The minimum atomic E-state index is -5.47. The number of ether oxygens (including phenoxy) is 3. The summed E-state index contributed by atoms with van der Waals surface area (Å²) in [6.45, 7) is 10.9. The Bertz CT molecular complexity index is 1390. The molecule has 0 radical (unpaired) electrons. The SMILES string of the molecule is CCCCNC[C@H]1Cc2c(cc(OCc3ccccc3)c(N(CC(=O)OC(C)(C)C)C(=O)C(F)(F)F)c2F)N1C(=O)OC(C)(C)C. The highest BCUT2D eigenvalue weighted by atomic mass is 19.4. The second kappa shape index (κ2) is 14.7. The predicted molar refractivity (Wildman–Crippen MR) is 165 cm³/mol. The van der Waals surface area contributed by atoms with Crippen molar-refractivity contribution in [2.45, 2.75) is 97.8 Å². The lowest BCUT2D eigenvalue weighted by Crippen LogP contribution is -2.46.